The number of carbonyl (C=O) groups is 1. The van der Waals surface area contributed by atoms with E-state index in [1.54, 1.807) is 7.11 Å². The van der Waals surface area contributed by atoms with Crippen molar-refractivity contribution in [2.24, 2.45) is 11.7 Å². The summed E-state index contributed by atoms with van der Waals surface area (Å²) < 4.78 is 5.12. The molecule has 2 unspecified atom stereocenters. The number of rotatable bonds is 4. The largest absolute Gasteiger partial charge is 0.497 e. The summed E-state index contributed by atoms with van der Waals surface area (Å²) >= 11 is 0. The molecule has 0 aliphatic heterocycles. The Morgan fingerprint density at radius 1 is 1.37 bits per heavy atom. The summed E-state index contributed by atoms with van der Waals surface area (Å²) in [7, 11) is 1.64. The summed E-state index contributed by atoms with van der Waals surface area (Å²) in [6.45, 7) is 1.99. The van der Waals surface area contributed by atoms with Crippen molar-refractivity contribution in [2.75, 3.05) is 7.11 Å². The van der Waals surface area contributed by atoms with Crippen molar-refractivity contribution in [2.45, 2.75) is 38.3 Å². The van der Waals surface area contributed by atoms with Crippen LogP contribution in [0.5, 0.6) is 5.75 Å². The molecule has 0 spiro atoms. The Morgan fingerprint density at radius 2 is 2.05 bits per heavy atom. The van der Waals surface area contributed by atoms with Crippen LogP contribution >= 0.6 is 0 Å². The number of benzene rings is 1. The third-order valence-electron chi connectivity index (χ3n) is 3.82. The van der Waals surface area contributed by atoms with Gasteiger partial charge in [-0.25, -0.2) is 0 Å². The molecule has 1 aliphatic rings. The maximum Gasteiger partial charge on any atom is 0.223 e. The lowest BCUT2D eigenvalue weighted by atomic mass is 10.0. The van der Waals surface area contributed by atoms with Gasteiger partial charge in [0, 0.05) is 12.0 Å². The Bertz CT molecular complexity index is 430. The summed E-state index contributed by atoms with van der Waals surface area (Å²) in [5, 5.41) is 3.06. The monoisotopic (exact) mass is 262 g/mol. The Morgan fingerprint density at radius 3 is 2.58 bits per heavy atom. The summed E-state index contributed by atoms with van der Waals surface area (Å²) in [4.78, 5) is 12.1. The normalized spacial score (nSPS) is 23.9. The van der Waals surface area contributed by atoms with Crippen molar-refractivity contribution in [3.63, 3.8) is 0 Å². The van der Waals surface area contributed by atoms with Crippen LogP contribution in [0.1, 0.15) is 37.8 Å². The van der Waals surface area contributed by atoms with Gasteiger partial charge in [-0.05, 0) is 43.9 Å². The van der Waals surface area contributed by atoms with Gasteiger partial charge in [0.15, 0.2) is 0 Å². The Balaban J connectivity index is 1.92. The third kappa shape index (κ3) is 3.47. The number of carbonyl (C=O) groups excluding carboxylic acids is 1. The molecule has 3 atom stereocenters. The Labute approximate surface area is 114 Å². The average Bonchev–Trinajstić information content (AvgIpc) is 2.85. The van der Waals surface area contributed by atoms with E-state index < -0.39 is 0 Å². The average molecular weight is 262 g/mol. The topological polar surface area (TPSA) is 64.3 Å². The number of nitrogens with two attached hydrogens (primary N) is 1. The predicted octanol–water partition coefficient (Wildman–Crippen LogP) is 2.00. The van der Waals surface area contributed by atoms with Gasteiger partial charge in [0.2, 0.25) is 5.91 Å². The predicted molar refractivity (Wildman–Crippen MR) is 74.9 cm³/mol. The number of hydrogen-bond acceptors (Lipinski definition) is 3. The van der Waals surface area contributed by atoms with E-state index in [0.717, 1.165) is 30.6 Å². The zero-order valence-electron chi connectivity index (χ0n) is 11.6. The van der Waals surface area contributed by atoms with Crippen LogP contribution < -0.4 is 15.8 Å². The molecular formula is C15H22N2O2. The molecule has 1 saturated carbocycles. The molecule has 19 heavy (non-hydrogen) atoms. The fourth-order valence-corrected chi connectivity index (χ4v) is 2.56. The lowest BCUT2D eigenvalue weighted by molar-refractivity contribution is -0.125. The van der Waals surface area contributed by atoms with Crippen LogP contribution in [0.2, 0.25) is 0 Å². The van der Waals surface area contributed by atoms with Gasteiger partial charge in [-0.3, -0.25) is 4.79 Å². The summed E-state index contributed by atoms with van der Waals surface area (Å²) in [5.74, 6) is 1.02. The Hall–Kier alpha value is -1.55. The third-order valence-corrected chi connectivity index (χ3v) is 3.82. The van der Waals surface area contributed by atoms with Gasteiger partial charge in [-0.1, -0.05) is 12.1 Å². The van der Waals surface area contributed by atoms with E-state index in [2.05, 4.69) is 5.32 Å². The van der Waals surface area contributed by atoms with Crippen LogP contribution in [-0.4, -0.2) is 19.1 Å². The standard InChI is InChI=1S/C15H22N2O2/c1-10(11-4-7-14(19-2)8-5-11)17-15(18)12-3-6-13(16)9-12/h4-5,7-8,10,12-13H,3,6,9,16H2,1-2H3,(H,17,18)/t10-,12?,13?/m0/s1. The summed E-state index contributed by atoms with van der Waals surface area (Å²) in [5.41, 5.74) is 6.92. The van der Waals surface area contributed by atoms with E-state index in [4.69, 9.17) is 10.5 Å². The highest BCUT2D eigenvalue weighted by Gasteiger charge is 2.28. The molecule has 4 nitrogen and oxygen atoms in total. The summed E-state index contributed by atoms with van der Waals surface area (Å²) in [6, 6.07) is 7.96. The van der Waals surface area contributed by atoms with Gasteiger partial charge in [-0.15, -0.1) is 0 Å². The minimum absolute atomic E-state index is 0.00947. The van der Waals surface area contributed by atoms with Crippen LogP contribution in [0, 0.1) is 5.92 Å². The van der Waals surface area contributed by atoms with Crippen molar-refractivity contribution in [1.82, 2.24) is 5.32 Å². The molecule has 1 fully saturated rings. The smallest absolute Gasteiger partial charge is 0.223 e. The number of methoxy groups -OCH3 is 1. The number of ether oxygens (including phenoxy) is 1. The lowest BCUT2D eigenvalue weighted by Gasteiger charge is -2.17. The fraction of sp³-hybridized carbons (Fsp3) is 0.533. The van der Waals surface area contributed by atoms with Gasteiger partial charge in [0.05, 0.1) is 13.2 Å². The molecule has 2 rings (SSSR count). The van der Waals surface area contributed by atoms with Crippen molar-refractivity contribution < 1.29 is 9.53 Å². The minimum Gasteiger partial charge on any atom is -0.497 e. The van der Waals surface area contributed by atoms with Gasteiger partial charge in [-0.2, -0.15) is 0 Å². The van der Waals surface area contributed by atoms with Crippen molar-refractivity contribution in [3.8, 4) is 5.75 Å². The SMILES string of the molecule is COc1ccc([C@H](C)NC(=O)C2CCC(N)C2)cc1. The van der Waals surface area contributed by atoms with E-state index >= 15 is 0 Å². The van der Waals surface area contributed by atoms with E-state index in [1.807, 2.05) is 31.2 Å². The van der Waals surface area contributed by atoms with E-state index in [0.29, 0.717) is 0 Å². The quantitative estimate of drug-likeness (QED) is 0.872. The van der Waals surface area contributed by atoms with E-state index in [1.165, 1.54) is 0 Å². The zero-order valence-corrected chi connectivity index (χ0v) is 11.6. The lowest BCUT2D eigenvalue weighted by Crippen LogP contribution is -2.32. The molecule has 0 heterocycles. The van der Waals surface area contributed by atoms with Crippen LogP contribution in [0.4, 0.5) is 0 Å². The van der Waals surface area contributed by atoms with Crippen LogP contribution in [0.3, 0.4) is 0 Å². The van der Waals surface area contributed by atoms with Gasteiger partial charge in [0.1, 0.15) is 5.75 Å². The molecule has 4 heteroatoms. The maximum atomic E-state index is 12.1. The molecule has 0 saturated heterocycles. The highest BCUT2D eigenvalue weighted by Crippen LogP contribution is 2.25. The molecule has 1 aromatic carbocycles. The van der Waals surface area contributed by atoms with Crippen molar-refractivity contribution in [3.05, 3.63) is 29.8 Å². The van der Waals surface area contributed by atoms with Crippen LogP contribution in [-0.2, 0) is 4.79 Å². The first kappa shape index (κ1) is 13.9. The highest BCUT2D eigenvalue weighted by atomic mass is 16.5. The molecule has 0 aromatic heterocycles. The molecule has 1 aromatic rings. The second-order valence-corrected chi connectivity index (χ2v) is 5.27. The Kier molecular flexibility index (Phi) is 4.43. The molecular weight excluding hydrogens is 240 g/mol. The number of hydrogen-bond donors (Lipinski definition) is 2. The molecule has 1 aliphatic carbocycles. The first-order chi connectivity index (χ1) is 9.10. The van der Waals surface area contributed by atoms with Crippen LogP contribution in [0.25, 0.3) is 0 Å². The van der Waals surface area contributed by atoms with Gasteiger partial charge < -0.3 is 15.8 Å². The first-order valence-electron chi connectivity index (χ1n) is 6.80. The van der Waals surface area contributed by atoms with Crippen molar-refractivity contribution in [1.29, 1.82) is 0 Å². The molecule has 104 valence electrons. The van der Waals surface area contributed by atoms with Gasteiger partial charge in [0.25, 0.3) is 0 Å². The molecule has 3 N–H and O–H groups in total. The number of nitrogens with one attached hydrogen (secondary N) is 1. The van der Waals surface area contributed by atoms with E-state index in [9.17, 15) is 4.79 Å². The highest BCUT2D eigenvalue weighted by molar-refractivity contribution is 5.79. The fourth-order valence-electron chi connectivity index (χ4n) is 2.56. The first-order valence-corrected chi connectivity index (χ1v) is 6.80. The van der Waals surface area contributed by atoms with Crippen molar-refractivity contribution >= 4 is 5.91 Å². The maximum absolute atomic E-state index is 12.1. The zero-order chi connectivity index (χ0) is 13.8. The number of amides is 1. The molecule has 0 radical (unpaired) electrons. The van der Waals surface area contributed by atoms with Gasteiger partial charge >= 0.3 is 0 Å². The summed E-state index contributed by atoms with van der Waals surface area (Å²) in [6.07, 6.45) is 2.67. The molecule has 0 bridgehead atoms. The second kappa shape index (κ2) is 6.06. The van der Waals surface area contributed by atoms with Crippen LogP contribution in [0.15, 0.2) is 24.3 Å². The molecule has 1 amide bonds. The second-order valence-electron chi connectivity index (χ2n) is 5.27. The minimum atomic E-state index is 0.00947. The van der Waals surface area contributed by atoms with E-state index in [-0.39, 0.29) is 23.9 Å².